The molecule has 0 saturated carbocycles. The van der Waals surface area contributed by atoms with Crippen molar-refractivity contribution in [2.24, 2.45) is 5.10 Å². The van der Waals surface area contributed by atoms with Crippen molar-refractivity contribution in [3.8, 4) is 17.1 Å². The molecular weight excluding hydrogens is 430 g/mol. The molecule has 2 heterocycles. The summed E-state index contributed by atoms with van der Waals surface area (Å²) in [5.41, 5.74) is 6.33. The summed E-state index contributed by atoms with van der Waals surface area (Å²) in [6.45, 7) is 5.07. The van der Waals surface area contributed by atoms with Gasteiger partial charge in [0.15, 0.2) is 12.1 Å². The highest BCUT2D eigenvalue weighted by molar-refractivity contribution is 5.96. The average molecular weight is 460 g/mol. The highest BCUT2D eigenvalue weighted by atomic mass is 16.5. The van der Waals surface area contributed by atoms with E-state index in [2.05, 4.69) is 48.2 Å². The van der Waals surface area contributed by atoms with Crippen molar-refractivity contribution >= 4 is 24.0 Å². The summed E-state index contributed by atoms with van der Waals surface area (Å²) in [6.07, 6.45) is 2.26. The zero-order valence-corrected chi connectivity index (χ0v) is 19.4. The van der Waals surface area contributed by atoms with Gasteiger partial charge in [0.05, 0.1) is 24.6 Å². The highest BCUT2D eigenvalue weighted by Crippen LogP contribution is 2.25. The molecule has 2 aromatic carbocycles. The van der Waals surface area contributed by atoms with Crippen LogP contribution in [-0.4, -0.2) is 67.7 Å². The number of ether oxygens (including phenoxy) is 1. The molecule has 0 radical (unpaired) electrons. The SMILES string of the molecule is CN/N=C\c1nc(-c2ccc(OC)cc2)nc(Nc2ccc(CN3CCNCC3)cc2)c1C=O. The van der Waals surface area contributed by atoms with E-state index in [1.54, 1.807) is 14.2 Å². The number of rotatable bonds is 9. The third-order valence-electron chi connectivity index (χ3n) is 5.59. The Bertz CT molecular complexity index is 1130. The lowest BCUT2D eigenvalue weighted by Gasteiger charge is -2.27. The molecule has 0 unspecified atom stereocenters. The molecule has 1 aliphatic heterocycles. The molecule has 1 aromatic heterocycles. The fraction of sp³-hybridized carbons (Fsp3) is 0.280. The number of carbonyl (C=O) groups excluding carboxylic acids is 1. The van der Waals surface area contributed by atoms with E-state index in [4.69, 9.17) is 4.74 Å². The number of hydrogen-bond acceptors (Lipinski definition) is 9. The van der Waals surface area contributed by atoms with E-state index < -0.39 is 0 Å². The Morgan fingerprint density at radius 2 is 1.82 bits per heavy atom. The minimum atomic E-state index is 0.334. The number of aromatic nitrogens is 2. The molecule has 1 fully saturated rings. The van der Waals surface area contributed by atoms with E-state index in [-0.39, 0.29) is 0 Å². The van der Waals surface area contributed by atoms with Gasteiger partial charge >= 0.3 is 0 Å². The predicted molar refractivity (Wildman–Crippen MR) is 134 cm³/mol. The monoisotopic (exact) mass is 459 g/mol. The molecule has 4 rings (SSSR count). The molecular formula is C25H29N7O2. The Kier molecular flexibility index (Phi) is 7.79. The van der Waals surface area contributed by atoms with E-state index in [1.807, 2.05) is 36.4 Å². The number of nitrogens with zero attached hydrogens (tertiary/aromatic N) is 4. The van der Waals surface area contributed by atoms with E-state index in [0.29, 0.717) is 22.9 Å². The zero-order valence-electron chi connectivity index (χ0n) is 19.4. The van der Waals surface area contributed by atoms with Gasteiger partial charge in [-0.25, -0.2) is 9.97 Å². The molecule has 0 amide bonds. The fourth-order valence-corrected chi connectivity index (χ4v) is 3.75. The Morgan fingerprint density at radius 1 is 1.09 bits per heavy atom. The van der Waals surface area contributed by atoms with Gasteiger partial charge in [0.1, 0.15) is 11.6 Å². The third kappa shape index (κ3) is 5.75. The van der Waals surface area contributed by atoms with Crippen LogP contribution in [-0.2, 0) is 6.54 Å². The quantitative estimate of drug-likeness (QED) is 0.255. The number of aldehydes is 1. The maximum Gasteiger partial charge on any atom is 0.162 e. The van der Waals surface area contributed by atoms with Crippen molar-refractivity contribution in [2.75, 3.05) is 45.7 Å². The van der Waals surface area contributed by atoms with E-state index >= 15 is 0 Å². The maximum atomic E-state index is 12.0. The van der Waals surface area contributed by atoms with Crippen LogP contribution in [0.2, 0.25) is 0 Å². The van der Waals surface area contributed by atoms with Gasteiger partial charge in [-0.3, -0.25) is 9.69 Å². The summed E-state index contributed by atoms with van der Waals surface area (Å²) < 4.78 is 5.24. The molecule has 3 N–H and O–H groups in total. The number of anilines is 2. The highest BCUT2D eigenvalue weighted by Gasteiger charge is 2.15. The van der Waals surface area contributed by atoms with Gasteiger partial charge in [0, 0.05) is 51.0 Å². The molecule has 0 aliphatic carbocycles. The number of methoxy groups -OCH3 is 1. The van der Waals surface area contributed by atoms with Crippen LogP contribution in [0.25, 0.3) is 11.4 Å². The first-order chi connectivity index (χ1) is 16.7. The van der Waals surface area contributed by atoms with E-state index in [1.165, 1.54) is 11.8 Å². The number of piperazine rings is 1. The first kappa shape index (κ1) is 23.3. The normalized spacial score (nSPS) is 14.2. The van der Waals surface area contributed by atoms with Crippen molar-refractivity contribution in [1.29, 1.82) is 0 Å². The largest absolute Gasteiger partial charge is 0.497 e. The standard InChI is InChI=1S/C25H29N7O2/c1-26-28-15-23-22(17-33)25(31-24(30-23)19-5-9-21(34-2)10-6-19)29-20-7-3-18(4-8-20)16-32-13-11-27-12-14-32/h3-10,15,17,26-27H,11-14,16H2,1-2H3,(H,29,30,31)/b28-15-. The van der Waals surface area contributed by atoms with Crippen LogP contribution in [0.15, 0.2) is 53.6 Å². The number of nitrogens with one attached hydrogen (secondary N) is 3. The number of carbonyl (C=O) groups is 1. The smallest absolute Gasteiger partial charge is 0.162 e. The molecule has 0 atom stereocenters. The Morgan fingerprint density at radius 3 is 2.47 bits per heavy atom. The van der Waals surface area contributed by atoms with Crippen molar-refractivity contribution in [3.05, 3.63) is 65.4 Å². The summed E-state index contributed by atoms with van der Waals surface area (Å²) in [4.78, 5) is 23.6. The molecule has 1 aliphatic rings. The Balaban J connectivity index is 1.62. The first-order valence-corrected chi connectivity index (χ1v) is 11.2. The second-order valence-corrected chi connectivity index (χ2v) is 7.87. The fourth-order valence-electron chi connectivity index (χ4n) is 3.75. The topological polar surface area (TPSA) is 104 Å². The molecule has 34 heavy (non-hydrogen) atoms. The second-order valence-electron chi connectivity index (χ2n) is 7.87. The molecule has 1 saturated heterocycles. The van der Waals surface area contributed by atoms with Gasteiger partial charge in [-0.05, 0) is 42.0 Å². The van der Waals surface area contributed by atoms with Crippen LogP contribution in [0, 0.1) is 0 Å². The summed E-state index contributed by atoms with van der Waals surface area (Å²) in [5.74, 6) is 1.64. The summed E-state index contributed by atoms with van der Waals surface area (Å²) in [7, 11) is 3.30. The lowest BCUT2D eigenvalue weighted by Crippen LogP contribution is -2.42. The lowest BCUT2D eigenvalue weighted by molar-refractivity contribution is 0.112. The molecule has 0 bridgehead atoms. The summed E-state index contributed by atoms with van der Waals surface area (Å²) in [6, 6.07) is 15.6. The van der Waals surface area contributed by atoms with Crippen LogP contribution in [0.1, 0.15) is 21.6 Å². The molecule has 3 aromatic rings. The van der Waals surface area contributed by atoms with Crippen LogP contribution in [0.3, 0.4) is 0 Å². The average Bonchev–Trinajstić information content (AvgIpc) is 2.89. The van der Waals surface area contributed by atoms with Gasteiger partial charge in [0.2, 0.25) is 0 Å². The molecule has 0 spiro atoms. The van der Waals surface area contributed by atoms with Gasteiger partial charge < -0.3 is 20.8 Å². The Hall–Kier alpha value is -3.82. The van der Waals surface area contributed by atoms with Gasteiger partial charge in [-0.1, -0.05) is 12.1 Å². The van der Waals surface area contributed by atoms with Gasteiger partial charge in [-0.2, -0.15) is 5.10 Å². The minimum Gasteiger partial charge on any atom is -0.497 e. The summed E-state index contributed by atoms with van der Waals surface area (Å²) >= 11 is 0. The van der Waals surface area contributed by atoms with Crippen LogP contribution in [0.5, 0.6) is 5.75 Å². The lowest BCUT2D eigenvalue weighted by atomic mass is 10.1. The first-order valence-electron chi connectivity index (χ1n) is 11.2. The van der Waals surface area contributed by atoms with Crippen LogP contribution in [0.4, 0.5) is 11.5 Å². The number of hydrazone groups is 1. The Labute approximate surface area is 199 Å². The number of hydrogen-bond donors (Lipinski definition) is 3. The molecule has 176 valence electrons. The zero-order chi connectivity index (χ0) is 23.8. The van der Waals surface area contributed by atoms with Crippen LogP contribution >= 0.6 is 0 Å². The molecule has 9 heteroatoms. The van der Waals surface area contributed by atoms with Gasteiger partial charge in [0.25, 0.3) is 0 Å². The van der Waals surface area contributed by atoms with Gasteiger partial charge in [-0.15, -0.1) is 0 Å². The van der Waals surface area contributed by atoms with E-state index in [9.17, 15) is 4.79 Å². The predicted octanol–water partition coefficient (Wildman–Crippen LogP) is 2.67. The minimum absolute atomic E-state index is 0.334. The second kappa shape index (κ2) is 11.4. The van der Waals surface area contributed by atoms with Crippen molar-refractivity contribution in [3.63, 3.8) is 0 Å². The maximum absolute atomic E-state index is 12.0. The number of benzene rings is 2. The van der Waals surface area contributed by atoms with Crippen molar-refractivity contribution in [1.82, 2.24) is 25.6 Å². The molecule has 9 nitrogen and oxygen atoms in total. The van der Waals surface area contributed by atoms with Crippen molar-refractivity contribution in [2.45, 2.75) is 6.54 Å². The van der Waals surface area contributed by atoms with E-state index in [0.717, 1.165) is 56.0 Å². The van der Waals surface area contributed by atoms with Crippen LogP contribution < -0.4 is 20.8 Å². The van der Waals surface area contributed by atoms with Crippen molar-refractivity contribution < 1.29 is 9.53 Å². The summed E-state index contributed by atoms with van der Waals surface area (Å²) in [5, 5.41) is 10.7. The third-order valence-corrected chi connectivity index (χ3v) is 5.59.